The molecule has 0 aromatic rings. The van der Waals surface area contributed by atoms with Gasteiger partial charge in [0.25, 0.3) is 5.84 Å². The van der Waals surface area contributed by atoms with Crippen LogP contribution in [0, 0.1) is 45.3 Å². The molecule has 20 heavy (non-hydrogen) atoms. The van der Waals surface area contributed by atoms with Crippen LogP contribution in [0.2, 0.25) is 0 Å². The molecule has 0 aromatic carbocycles. The Morgan fingerprint density at radius 2 is 1.90 bits per heavy atom. The summed E-state index contributed by atoms with van der Waals surface area (Å²) in [5, 5.41) is 19.6. The van der Waals surface area contributed by atoms with Crippen molar-refractivity contribution in [2.75, 3.05) is 13.2 Å². The lowest BCUT2D eigenvalue weighted by Crippen LogP contribution is -2.90. The van der Waals surface area contributed by atoms with Crippen LogP contribution in [0.15, 0.2) is 0 Å². The smallest absolute Gasteiger partial charge is 0.311 e. The van der Waals surface area contributed by atoms with Gasteiger partial charge in [-0.15, -0.1) is 0 Å². The van der Waals surface area contributed by atoms with E-state index >= 15 is 0 Å². The molecule has 2 heterocycles. The van der Waals surface area contributed by atoms with Crippen molar-refractivity contribution < 1.29 is 14.5 Å². The molecule has 106 valence electrons. The van der Waals surface area contributed by atoms with Crippen LogP contribution in [0.25, 0.3) is 0 Å². The van der Waals surface area contributed by atoms with E-state index in [2.05, 4.69) is 31.0 Å². The molecule has 1 saturated carbocycles. The van der Waals surface area contributed by atoms with Crippen LogP contribution in [0.3, 0.4) is 0 Å². The minimum Gasteiger partial charge on any atom is -0.311 e. The van der Waals surface area contributed by atoms with Crippen molar-refractivity contribution in [3.8, 4) is 12.1 Å². The number of rotatable bonds is 3. The fraction of sp³-hybridized carbons (Fsp3) is 0.786. The van der Waals surface area contributed by atoms with Crippen molar-refractivity contribution in [2.45, 2.75) is 32.6 Å². The van der Waals surface area contributed by atoms with E-state index in [0.717, 1.165) is 12.8 Å². The molecule has 3 aliphatic rings. The number of fused-ring (bicyclic) bond motifs is 2. The Labute approximate surface area is 118 Å². The van der Waals surface area contributed by atoms with Crippen molar-refractivity contribution in [2.24, 2.45) is 28.4 Å². The predicted molar refractivity (Wildman–Crippen MR) is 68.4 cm³/mol. The van der Waals surface area contributed by atoms with Crippen LogP contribution >= 0.6 is 0 Å². The minimum absolute atomic E-state index is 0.139. The Balaban J connectivity index is 2.16. The average molecular weight is 275 g/mol. The zero-order valence-corrected chi connectivity index (χ0v) is 11.8. The summed E-state index contributed by atoms with van der Waals surface area (Å²) in [7, 11) is 0. The van der Waals surface area contributed by atoms with Crippen molar-refractivity contribution in [1.82, 2.24) is 0 Å². The van der Waals surface area contributed by atoms with Crippen LogP contribution < -0.4 is 10.7 Å². The largest absolute Gasteiger partial charge is 0.343 e. The van der Waals surface area contributed by atoms with Gasteiger partial charge in [-0.3, -0.25) is 5.73 Å². The maximum atomic E-state index is 9.85. The summed E-state index contributed by atoms with van der Waals surface area (Å²) >= 11 is 0. The zero-order chi connectivity index (χ0) is 14.6. The van der Waals surface area contributed by atoms with E-state index < -0.39 is 16.7 Å². The Bertz CT molecular complexity index is 551. The SMILES string of the molecule is CCC(CC)[C@@H]1[C@]2(C#N)C(N)=[NH+]C3(OCCO3)[C@]12C#N. The third-order valence-electron chi connectivity index (χ3n) is 5.28. The van der Waals surface area contributed by atoms with Gasteiger partial charge in [-0.25, -0.2) is 4.99 Å². The summed E-state index contributed by atoms with van der Waals surface area (Å²) in [6.45, 7) is 4.96. The first-order valence-corrected chi connectivity index (χ1v) is 7.11. The second-order valence-corrected chi connectivity index (χ2v) is 5.75. The summed E-state index contributed by atoms with van der Waals surface area (Å²) in [5.74, 6) is -0.811. The molecule has 2 fully saturated rings. The van der Waals surface area contributed by atoms with Crippen molar-refractivity contribution >= 4 is 5.84 Å². The van der Waals surface area contributed by atoms with Gasteiger partial charge in [0.15, 0.2) is 10.8 Å². The highest BCUT2D eigenvalue weighted by atomic mass is 16.8. The summed E-state index contributed by atoms with van der Waals surface area (Å²) in [6, 6.07) is 4.63. The first-order chi connectivity index (χ1) is 9.60. The average Bonchev–Trinajstić information content (AvgIpc) is 2.72. The number of hydrogen-bond acceptors (Lipinski definition) is 5. The van der Waals surface area contributed by atoms with Crippen LogP contribution in [-0.4, -0.2) is 25.0 Å². The number of nitrogens with two attached hydrogens (primary N) is 1. The fourth-order valence-corrected chi connectivity index (χ4v) is 4.35. The minimum atomic E-state index is -1.24. The standard InChI is InChI=1S/C14H18N4O2/c1-3-9(4-2)10-12(7-15)11(17)18-14(13(10,12)8-16)19-5-6-20-14/h9-10H,3-6H2,1-2H3,(H2,17,18)/p+1/t10-,12-,13-/m1/s1. The third kappa shape index (κ3) is 1.06. The normalized spacial score (nSPS) is 40.2. The van der Waals surface area contributed by atoms with Gasteiger partial charge in [-0.05, 0) is 5.92 Å². The van der Waals surface area contributed by atoms with Gasteiger partial charge in [0.05, 0.1) is 25.4 Å². The van der Waals surface area contributed by atoms with Gasteiger partial charge in [-0.1, -0.05) is 26.7 Å². The van der Waals surface area contributed by atoms with Crippen LogP contribution in [0.1, 0.15) is 26.7 Å². The number of hydrogen-bond donors (Lipinski definition) is 2. The van der Waals surface area contributed by atoms with Crippen LogP contribution in [0.4, 0.5) is 0 Å². The summed E-state index contributed by atoms with van der Waals surface area (Å²) in [5.41, 5.74) is 4.06. The number of nitriles is 2. The number of nitrogens with one attached hydrogen (secondary N) is 1. The lowest BCUT2D eigenvalue weighted by molar-refractivity contribution is -0.677. The van der Waals surface area contributed by atoms with Gasteiger partial charge in [0, 0.05) is 5.92 Å². The molecule has 6 nitrogen and oxygen atoms in total. The highest BCUT2D eigenvalue weighted by Crippen LogP contribution is 2.77. The lowest BCUT2D eigenvalue weighted by atomic mass is 9.89. The highest BCUT2D eigenvalue weighted by Gasteiger charge is 2.97. The van der Waals surface area contributed by atoms with E-state index in [-0.39, 0.29) is 11.8 Å². The third-order valence-corrected chi connectivity index (χ3v) is 5.28. The predicted octanol–water partition coefficient (Wildman–Crippen LogP) is -0.776. The molecule has 3 atom stereocenters. The monoisotopic (exact) mass is 275 g/mol. The Morgan fingerprint density at radius 1 is 1.30 bits per heavy atom. The first kappa shape index (κ1) is 13.4. The summed E-state index contributed by atoms with van der Waals surface area (Å²) in [6.07, 6.45) is 1.80. The summed E-state index contributed by atoms with van der Waals surface area (Å²) < 4.78 is 11.4. The molecule has 3 rings (SSSR count). The molecule has 2 aliphatic heterocycles. The van der Waals surface area contributed by atoms with Gasteiger partial charge >= 0.3 is 5.91 Å². The second kappa shape index (κ2) is 3.94. The molecule has 0 aromatic heterocycles. The van der Waals surface area contributed by atoms with E-state index in [1.807, 2.05) is 0 Å². The molecule has 1 saturated heterocycles. The maximum Gasteiger partial charge on any atom is 0.343 e. The van der Waals surface area contributed by atoms with Crippen molar-refractivity contribution in [3.05, 3.63) is 0 Å². The highest BCUT2D eigenvalue weighted by molar-refractivity contribution is 5.93. The van der Waals surface area contributed by atoms with E-state index in [1.165, 1.54) is 0 Å². The van der Waals surface area contributed by atoms with Gasteiger partial charge in [-0.2, -0.15) is 10.5 Å². The lowest BCUT2D eigenvalue weighted by Gasteiger charge is -2.25. The maximum absolute atomic E-state index is 9.85. The molecule has 1 aliphatic carbocycles. The Morgan fingerprint density at radius 3 is 2.35 bits per heavy atom. The molecule has 6 heteroatoms. The number of amidine groups is 1. The van der Waals surface area contributed by atoms with Gasteiger partial charge in [0.2, 0.25) is 0 Å². The number of ether oxygens (including phenoxy) is 2. The molecule has 0 bridgehead atoms. The Kier molecular flexibility index (Phi) is 2.63. The molecular weight excluding hydrogens is 256 g/mol. The van der Waals surface area contributed by atoms with E-state index in [1.54, 1.807) is 0 Å². The molecule has 0 unspecified atom stereocenters. The fourth-order valence-electron chi connectivity index (χ4n) is 4.35. The van der Waals surface area contributed by atoms with Gasteiger partial charge in [0.1, 0.15) is 0 Å². The quantitative estimate of drug-likeness (QED) is 0.703. The van der Waals surface area contributed by atoms with Crippen LogP contribution in [0.5, 0.6) is 0 Å². The topological polar surface area (TPSA) is 106 Å². The van der Waals surface area contributed by atoms with Crippen molar-refractivity contribution in [1.29, 1.82) is 10.5 Å². The molecule has 1 spiro atoms. The van der Waals surface area contributed by atoms with E-state index in [4.69, 9.17) is 15.2 Å². The molecule has 0 radical (unpaired) electrons. The zero-order valence-electron chi connectivity index (χ0n) is 11.8. The van der Waals surface area contributed by atoms with E-state index in [0.29, 0.717) is 19.0 Å². The first-order valence-electron chi connectivity index (χ1n) is 7.11. The van der Waals surface area contributed by atoms with E-state index in [9.17, 15) is 10.5 Å². The van der Waals surface area contributed by atoms with Gasteiger partial charge < -0.3 is 9.47 Å². The molecule has 3 N–H and O–H groups in total. The Hall–Kier alpha value is -1.63. The molecular formula is C14H19N4O2+. The second-order valence-electron chi connectivity index (χ2n) is 5.75. The summed E-state index contributed by atoms with van der Waals surface area (Å²) in [4.78, 5) is 2.95. The molecule has 0 amide bonds. The van der Waals surface area contributed by atoms with Crippen molar-refractivity contribution in [3.63, 3.8) is 0 Å². The van der Waals surface area contributed by atoms with Crippen LogP contribution in [-0.2, 0) is 9.47 Å². The number of nitrogens with zero attached hydrogens (tertiary/aromatic N) is 2.